The Morgan fingerprint density at radius 2 is 1.87 bits per heavy atom. The Balaban J connectivity index is 1.38. The third-order valence-corrected chi connectivity index (χ3v) is 6.27. The first-order chi connectivity index (χ1) is 15.3. The maximum atomic E-state index is 9.13. The average molecular weight is 421 g/mol. The van der Waals surface area contributed by atoms with Gasteiger partial charge in [0, 0.05) is 30.9 Å². The van der Waals surface area contributed by atoms with Crippen LogP contribution in [0.5, 0.6) is 5.88 Å². The number of hydrogen-bond acceptors (Lipinski definition) is 7. The number of ether oxygens (including phenoxy) is 2. The van der Waals surface area contributed by atoms with Crippen molar-refractivity contribution in [3.63, 3.8) is 0 Å². The molecule has 1 aromatic carbocycles. The zero-order valence-corrected chi connectivity index (χ0v) is 17.6. The minimum Gasteiger partial charge on any atom is -0.470 e. The molecule has 5 rings (SSSR count). The lowest BCUT2D eigenvalue weighted by Gasteiger charge is -2.31. The largest absolute Gasteiger partial charge is 0.470 e. The summed E-state index contributed by atoms with van der Waals surface area (Å²) in [5.74, 6) is 1.09. The molecule has 0 radical (unpaired) electrons. The Labute approximate surface area is 182 Å². The smallest absolute Gasteiger partial charge is 0.243 e. The normalized spacial score (nSPS) is 20.4. The molecule has 7 heteroatoms. The summed E-state index contributed by atoms with van der Waals surface area (Å²) in [6, 6.07) is 10.7. The van der Waals surface area contributed by atoms with Crippen LogP contribution in [0.1, 0.15) is 30.7 Å². The Kier molecular flexibility index (Phi) is 6.06. The van der Waals surface area contributed by atoms with Gasteiger partial charge in [-0.3, -0.25) is 4.98 Å². The second kappa shape index (κ2) is 9.26. The second-order valence-electron chi connectivity index (χ2n) is 8.30. The Hall–Kier alpha value is -2.61. The molecule has 2 saturated heterocycles. The van der Waals surface area contributed by atoms with E-state index < -0.39 is 0 Å². The van der Waals surface area contributed by atoms with E-state index in [0.29, 0.717) is 30.5 Å². The molecule has 0 bridgehead atoms. The summed E-state index contributed by atoms with van der Waals surface area (Å²) < 4.78 is 11.6. The standard InChI is InChI=1S/C24H28N4O3/c29-13-12-28-10-5-18(6-11-28)17-1-3-19(4-2-17)21-15-22-23(26-9-8-25-22)24(27-21)31-20-7-14-30-16-20/h1-4,8-9,15,18,20,29H,5-7,10-14,16H2/t20-/m1/s1. The van der Waals surface area contributed by atoms with Gasteiger partial charge in [-0.25, -0.2) is 9.97 Å². The molecule has 2 fully saturated rings. The second-order valence-corrected chi connectivity index (χ2v) is 8.30. The molecule has 0 spiro atoms. The highest BCUT2D eigenvalue weighted by Gasteiger charge is 2.22. The number of fused-ring (bicyclic) bond motifs is 1. The van der Waals surface area contributed by atoms with E-state index in [2.05, 4.69) is 39.1 Å². The summed E-state index contributed by atoms with van der Waals surface area (Å²) in [6.07, 6.45) is 6.49. The zero-order valence-electron chi connectivity index (χ0n) is 17.6. The van der Waals surface area contributed by atoms with Gasteiger partial charge in [-0.1, -0.05) is 24.3 Å². The summed E-state index contributed by atoms with van der Waals surface area (Å²) in [5, 5.41) is 9.13. The molecule has 3 aromatic rings. The Morgan fingerprint density at radius 3 is 2.61 bits per heavy atom. The van der Waals surface area contributed by atoms with Gasteiger partial charge in [0.05, 0.1) is 31.0 Å². The molecule has 1 N–H and O–H groups in total. The number of pyridine rings is 1. The van der Waals surface area contributed by atoms with Crippen molar-refractivity contribution in [3.8, 4) is 17.1 Å². The zero-order chi connectivity index (χ0) is 21.0. The van der Waals surface area contributed by atoms with E-state index >= 15 is 0 Å². The lowest BCUT2D eigenvalue weighted by Crippen LogP contribution is -2.34. The number of aromatic nitrogens is 3. The van der Waals surface area contributed by atoms with Crippen molar-refractivity contribution in [3.05, 3.63) is 48.3 Å². The predicted molar refractivity (Wildman–Crippen MR) is 118 cm³/mol. The van der Waals surface area contributed by atoms with E-state index in [1.54, 1.807) is 12.4 Å². The lowest BCUT2D eigenvalue weighted by atomic mass is 9.89. The molecule has 0 saturated carbocycles. The highest BCUT2D eigenvalue weighted by Crippen LogP contribution is 2.32. The molecule has 0 unspecified atom stereocenters. The molecule has 0 aliphatic carbocycles. The van der Waals surface area contributed by atoms with E-state index in [0.717, 1.165) is 55.7 Å². The number of hydrogen-bond donors (Lipinski definition) is 1. The van der Waals surface area contributed by atoms with Crippen molar-refractivity contribution in [1.82, 2.24) is 19.9 Å². The van der Waals surface area contributed by atoms with Crippen LogP contribution in [-0.4, -0.2) is 70.5 Å². The number of aliphatic hydroxyl groups is 1. The highest BCUT2D eigenvalue weighted by atomic mass is 16.5. The van der Waals surface area contributed by atoms with Crippen molar-refractivity contribution in [2.75, 3.05) is 39.5 Å². The van der Waals surface area contributed by atoms with Crippen LogP contribution >= 0.6 is 0 Å². The van der Waals surface area contributed by atoms with E-state index in [4.69, 9.17) is 19.6 Å². The van der Waals surface area contributed by atoms with E-state index in [9.17, 15) is 0 Å². The molecule has 0 amide bonds. The number of rotatable bonds is 6. The molecule has 2 aromatic heterocycles. The fourth-order valence-corrected chi connectivity index (χ4v) is 4.49. The molecule has 1 atom stereocenters. The summed E-state index contributed by atoms with van der Waals surface area (Å²) in [6.45, 7) is 4.41. The van der Waals surface area contributed by atoms with E-state index in [1.807, 2.05) is 6.07 Å². The van der Waals surface area contributed by atoms with Crippen molar-refractivity contribution >= 4 is 11.0 Å². The maximum Gasteiger partial charge on any atom is 0.243 e. The van der Waals surface area contributed by atoms with Crippen molar-refractivity contribution < 1.29 is 14.6 Å². The summed E-state index contributed by atoms with van der Waals surface area (Å²) in [5.41, 5.74) is 4.71. The van der Waals surface area contributed by atoms with Gasteiger partial charge in [-0.2, -0.15) is 0 Å². The molecule has 2 aliphatic heterocycles. The van der Waals surface area contributed by atoms with Crippen LogP contribution in [-0.2, 0) is 4.74 Å². The monoisotopic (exact) mass is 420 g/mol. The van der Waals surface area contributed by atoms with Crippen LogP contribution in [0.25, 0.3) is 22.3 Å². The van der Waals surface area contributed by atoms with Crippen LogP contribution in [0.2, 0.25) is 0 Å². The molecule has 4 heterocycles. The third kappa shape index (κ3) is 4.54. The molecule has 2 aliphatic rings. The number of benzene rings is 1. The maximum absolute atomic E-state index is 9.13. The van der Waals surface area contributed by atoms with Crippen molar-refractivity contribution in [1.29, 1.82) is 0 Å². The minimum atomic E-state index is 0.00651. The first-order valence-electron chi connectivity index (χ1n) is 11.1. The highest BCUT2D eigenvalue weighted by molar-refractivity contribution is 5.83. The fourth-order valence-electron chi connectivity index (χ4n) is 4.49. The third-order valence-electron chi connectivity index (χ3n) is 6.27. The first kappa shape index (κ1) is 20.3. The SMILES string of the molecule is OCCN1CCC(c2ccc(-c3cc4nccnc4c(O[C@@H]4CCOC4)n3)cc2)CC1. The molecule has 31 heavy (non-hydrogen) atoms. The van der Waals surface area contributed by atoms with Crippen molar-refractivity contribution in [2.24, 2.45) is 0 Å². The van der Waals surface area contributed by atoms with Gasteiger partial charge in [0.25, 0.3) is 0 Å². The summed E-state index contributed by atoms with van der Waals surface area (Å²) in [4.78, 5) is 16.1. The van der Waals surface area contributed by atoms with E-state index in [1.165, 1.54) is 5.56 Å². The van der Waals surface area contributed by atoms with Crippen LogP contribution in [0.3, 0.4) is 0 Å². The Morgan fingerprint density at radius 1 is 1.06 bits per heavy atom. The van der Waals surface area contributed by atoms with Crippen LogP contribution in [0, 0.1) is 0 Å². The van der Waals surface area contributed by atoms with Crippen molar-refractivity contribution in [2.45, 2.75) is 31.3 Å². The molecule has 162 valence electrons. The number of likely N-dealkylation sites (tertiary alicyclic amines) is 1. The Bertz CT molecular complexity index is 1010. The number of β-amino-alcohol motifs (C(OH)–C–C–N with tert-alkyl or cyclic N) is 1. The first-order valence-corrected chi connectivity index (χ1v) is 11.1. The van der Waals surface area contributed by atoms with Gasteiger partial charge < -0.3 is 19.5 Å². The summed E-state index contributed by atoms with van der Waals surface area (Å²) in [7, 11) is 0. The van der Waals surface area contributed by atoms with Gasteiger partial charge in [0.2, 0.25) is 5.88 Å². The molecule has 7 nitrogen and oxygen atoms in total. The van der Waals surface area contributed by atoms with Crippen LogP contribution < -0.4 is 4.74 Å². The predicted octanol–water partition coefficient (Wildman–Crippen LogP) is 3.03. The summed E-state index contributed by atoms with van der Waals surface area (Å²) >= 11 is 0. The van der Waals surface area contributed by atoms with Gasteiger partial charge in [0.1, 0.15) is 6.10 Å². The van der Waals surface area contributed by atoms with E-state index in [-0.39, 0.29) is 12.7 Å². The molecular weight excluding hydrogens is 392 g/mol. The fraction of sp³-hybridized carbons (Fsp3) is 0.458. The quantitative estimate of drug-likeness (QED) is 0.656. The average Bonchev–Trinajstić information content (AvgIpc) is 3.33. The molecular formula is C24H28N4O3. The minimum absolute atomic E-state index is 0.00651. The van der Waals surface area contributed by atoms with Gasteiger partial charge in [-0.05, 0) is 43.5 Å². The number of nitrogens with zero attached hydrogens (tertiary/aromatic N) is 4. The van der Waals surface area contributed by atoms with Gasteiger partial charge in [-0.15, -0.1) is 0 Å². The lowest BCUT2D eigenvalue weighted by molar-refractivity contribution is 0.139. The topological polar surface area (TPSA) is 80.6 Å². The van der Waals surface area contributed by atoms with Crippen LogP contribution in [0.15, 0.2) is 42.7 Å². The van der Waals surface area contributed by atoms with Gasteiger partial charge in [0.15, 0.2) is 5.52 Å². The van der Waals surface area contributed by atoms with Gasteiger partial charge >= 0.3 is 0 Å². The number of piperidine rings is 1. The number of aliphatic hydroxyl groups excluding tert-OH is 1. The van der Waals surface area contributed by atoms with Crippen LogP contribution in [0.4, 0.5) is 0 Å².